The van der Waals surface area contributed by atoms with Crippen molar-refractivity contribution in [3.8, 4) is 0 Å². The standard InChI is InChI=1S/C13H16O3S/c1-3-11(17-9-12(14)16-2)13(15)10-7-5-4-6-8-10/h4-8,11H,3,9H2,1-2H3. The molecule has 4 heteroatoms. The number of Topliss-reactive ketones (excluding diaryl/α,β-unsaturated/α-hetero) is 1. The zero-order valence-corrected chi connectivity index (χ0v) is 10.8. The van der Waals surface area contributed by atoms with Gasteiger partial charge in [-0.3, -0.25) is 9.59 Å². The quantitative estimate of drug-likeness (QED) is 0.576. The van der Waals surface area contributed by atoms with Crippen molar-refractivity contribution in [2.45, 2.75) is 18.6 Å². The molecule has 3 nitrogen and oxygen atoms in total. The van der Waals surface area contributed by atoms with E-state index >= 15 is 0 Å². The number of carbonyl (C=O) groups is 2. The number of hydrogen-bond donors (Lipinski definition) is 0. The third kappa shape index (κ3) is 4.23. The predicted molar refractivity (Wildman–Crippen MR) is 69.3 cm³/mol. The van der Waals surface area contributed by atoms with Crippen LogP contribution in [0.25, 0.3) is 0 Å². The van der Waals surface area contributed by atoms with E-state index in [-0.39, 0.29) is 22.8 Å². The van der Waals surface area contributed by atoms with Crippen LogP contribution in [0.2, 0.25) is 0 Å². The van der Waals surface area contributed by atoms with Crippen molar-refractivity contribution in [3.05, 3.63) is 35.9 Å². The van der Waals surface area contributed by atoms with E-state index in [1.54, 1.807) is 12.1 Å². The predicted octanol–water partition coefficient (Wildman–Crippen LogP) is 2.55. The summed E-state index contributed by atoms with van der Waals surface area (Å²) >= 11 is 1.33. The van der Waals surface area contributed by atoms with Gasteiger partial charge in [0.1, 0.15) is 0 Å². The van der Waals surface area contributed by atoms with Crippen LogP contribution in [0.5, 0.6) is 0 Å². The zero-order valence-electron chi connectivity index (χ0n) is 10.0. The van der Waals surface area contributed by atoms with Crippen molar-refractivity contribution >= 4 is 23.5 Å². The van der Waals surface area contributed by atoms with Crippen LogP contribution in [0.3, 0.4) is 0 Å². The van der Waals surface area contributed by atoms with Gasteiger partial charge in [0.2, 0.25) is 0 Å². The summed E-state index contributed by atoms with van der Waals surface area (Å²) in [4.78, 5) is 23.1. The first-order chi connectivity index (χ1) is 8.19. The molecule has 17 heavy (non-hydrogen) atoms. The normalized spacial score (nSPS) is 11.9. The van der Waals surface area contributed by atoms with Gasteiger partial charge in [-0.2, -0.15) is 0 Å². The summed E-state index contributed by atoms with van der Waals surface area (Å²) in [6.07, 6.45) is 0.704. The molecule has 1 rings (SSSR count). The summed E-state index contributed by atoms with van der Waals surface area (Å²) in [6, 6.07) is 9.14. The molecule has 0 aliphatic heterocycles. The van der Waals surface area contributed by atoms with E-state index < -0.39 is 0 Å². The topological polar surface area (TPSA) is 43.4 Å². The Kier molecular flexibility index (Phi) is 5.77. The number of thioether (sulfide) groups is 1. The number of ketones is 1. The van der Waals surface area contributed by atoms with Crippen molar-refractivity contribution in [1.29, 1.82) is 0 Å². The fraction of sp³-hybridized carbons (Fsp3) is 0.385. The maximum absolute atomic E-state index is 12.1. The summed E-state index contributed by atoms with van der Waals surface area (Å²) in [5.41, 5.74) is 0.691. The summed E-state index contributed by atoms with van der Waals surface area (Å²) < 4.78 is 4.56. The highest BCUT2D eigenvalue weighted by Crippen LogP contribution is 2.19. The lowest BCUT2D eigenvalue weighted by molar-refractivity contribution is -0.137. The van der Waals surface area contributed by atoms with Crippen molar-refractivity contribution < 1.29 is 14.3 Å². The van der Waals surface area contributed by atoms with Gasteiger partial charge in [-0.25, -0.2) is 0 Å². The molecule has 0 aromatic heterocycles. The van der Waals surface area contributed by atoms with Crippen LogP contribution in [0.15, 0.2) is 30.3 Å². The van der Waals surface area contributed by atoms with Crippen LogP contribution in [0, 0.1) is 0 Å². The molecule has 0 N–H and O–H groups in total. The van der Waals surface area contributed by atoms with Crippen LogP contribution in [0.4, 0.5) is 0 Å². The lowest BCUT2D eigenvalue weighted by atomic mass is 10.1. The third-order valence-electron chi connectivity index (χ3n) is 2.35. The van der Waals surface area contributed by atoms with Crippen LogP contribution < -0.4 is 0 Å². The molecule has 0 bridgehead atoms. The molecule has 1 aromatic rings. The van der Waals surface area contributed by atoms with Gasteiger partial charge in [-0.05, 0) is 6.42 Å². The number of esters is 1. The van der Waals surface area contributed by atoms with E-state index in [4.69, 9.17) is 0 Å². The number of carbonyl (C=O) groups excluding carboxylic acids is 2. The minimum atomic E-state index is -0.297. The molecule has 0 saturated heterocycles. The number of rotatable bonds is 6. The molecule has 1 aromatic carbocycles. The summed E-state index contributed by atoms with van der Waals surface area (Å²) in [5.74, 6) is -0.00978. The summed E-state index contributed by atoms with van der Waals surface area (Å²) in [6.45, 7) is 1.94. The monoisotopic (exact) mass is 252 g/mol. The molecule has 1 atom stereocenters. The minimum absolute atomic E-state index is 0.0713. The number of hydrogen-bond acceptors (Lipinski definition) is 4. The van der Waals surface area contributed by atoms with Crippen LogP contribution >= 0.6 is 11.8 Å². The lowest BCUT2D eigenvalue weighted by Crippen LogP contribution is -2.19. The van der Waals surface area contributed by atoms with E-state index in [1.807, 2.05) is 25.1 Å². The molecule has 92 valence electrons. The van der Waals surface area contributed by atoms with E-state index in [2.05, 4.69) is 4.74 Å². The largest absolute Gasteiger partial charge is 0.468 e. The molecule has 0 spiro atoms. The number of methoxy groups -OCH3 is 1. The first-order valence-corrected chi connectivity index (χ1v) is 6.51. The molecule has 0 amide bonds. The van der Waals surface area contributed by atoms with Crippen LogP contribution in [0.1, 0.15) is 23.7 Å². The van der Waals surface area contributed by atoms with Gasteiger partial charge in [0.05, 0.1) is 18.1 Å². The summed E-state index contributed by atoms with van der Waals surface area (Å²) in [5, 5.41) is -0.184. The molecule has 0 aliphatic carbocycles. The summed E-state index contributed by atoms with van der Waals surface area (Å²) in [7, 11) is 1.35. The Morgan fingerprint density at radius 1 is 1.29 bits per heavy atom. The molecule has 0 heterocycles. The first kappa shape index (κ1) is 13.8. The molecule has 0 fully saturated rings. The average molecular weight is 252 g/mol. The third-order valence-corrected chi connectivity index (χ3v) is 3.70. The second kappa shape index (κ2) is 7.12. The minimum Gasteiger partial charge on any atom is -0.468 e. The van der Waals surface area contributed by atoms with Gasteiger partial charge in [0.15, 0.2) is 5.78 Å². The maximum Gasteiger partial charge on any atom is 0.315 e. The van der Waals surface area contributed by atoms with Crippen molar-refractivity contribution in [2.24, 2.45) is 0 Å². The highest BCUT2D eigenvalue weighted by molar-refractivity contribution is 8.01. The smallest absolute Gasteiger partial charge is 0.315 e. The second-order valence-corrected chi connectivity index (χ2v) is 4.71. The number of ether oxygens (including phenoxy) is 1. The van der Waals surface area contributed by atoms with Crippen LogP contribution in [-0.4, -0.2) is 29.9 Å². The van der Waals surface area contributed by atoms with Crippen molar-refractivity contribution in [3.63, 3.8) is 0 Å². The van der Waals surface area contributed by atoms with Gasteiger partial charge in [0, 0.05) is 5.56 Å². The lowest BCUT2D eigenvalue weighted by Gasteiger charge is -2.12. The van der Waals surface area contributed by atoms with Crippen molar-refractivity contribution in [2.75, 3.05) is 12.9 Å². The Balaban J connectivity index is 2.62. The van der Waals surface area contributed by atoms with Crippen LogP contribution in [-0.2, 0) is 9.53 Å². The maximum atomic E-state index is 12.1. The fourth-order valence-corrected chi connectivity index (χ4v) is 2.37. The van der Waals surface area contributed by atoms with E-state index in [9.17, 15) is 9.59 Å². The van der Waals surface area contributed by atoms with Gasteiger partial charge < -0.3 is 4.74 Å². The molecule has 0 radical (unpaired) electrons. The molecule has 1 unspecified atom stereocenters. The number of benzene rings is 1. The zero-order chi connectivity index (χ0) is 12.7. The van der Waals surface area contributed by atoms with Gasteiger partial charge in [-0.15, -0.1) is 11.8 Å². The Morgan fingerprint density at radius 2 is 1.94 bits per heavy atom. The molecular formula is C13H16O3S. The molecule has 0 saturated carbocycles. The van der Waals surface area contributed by atoms with Gasteiger partial charge in [-0.1, -0.05) is 37.3 Å². The van der Waals surface area contributed by atoms with Gasteiger partial charge >= 0.3 is 5.97 Å². The van der Waals surface area contributed by atoms with E-state index in [1.165, 1.54) is 18.9 Å². The Morgan fingerprint density at radius 3 is 2.47 bits per heavy atom. The molecular weight excluding hydrogens is 236 g/mol. The van der Waals surface area contributed by atoms with Crippen molar-refractivity contribution in [1.82, 2.24) is 0 Å². The SMILES string of the molecule is CCC(SCC(=O)OC)C(=O)c1ccccc1. The van der Waals surface area contributed by atoms with Gasteiger partial charge in [0.25, 0.3) is 0 Å². The highest BCUT2D eigenvalue weighted by atomic mass is 32.2. The van der Waals surface area contributed by atoms with E-state index in [0.29, 0.717) is 12.0 Å². The molecule has 0 aliphatic rings. The highest BCUT2D eigenvalue weighted by Gasteiger charge is 2.19. The Bertz CT molecular complexity index is 376. The first-order valence-electron chi connectivity index (χ1n) is 5.46. The second-order valence-electron chi connectivity index (χ2n) is 3.51. The average Bonchev–Trinajstić information content (AvgIpc) is 2.39. The Hall–Kier alpha value is -1.29. The fourth-order valence-electron chi connectivity index (χ4n) is 1.39. The van der Waals surface area contributed by atoms with E-state index in [0.717, 1.165) is 0 Å². The Labute approximate surface area is 106 Å².